The van der Waals surface area contributed by atoms with E-state index < -0.39 is 0 Å². The number of aryl methyl sites for hydroxylation is 1. The number of guanidine groups is 1. The summed E-state index contributed by atoms with van der Waals surface area (Å²) in [5.74, 6) is 5.28. The summed E-state index contributed by atoms with van der Waals surface area (Å²) >= 11 is 0. The van der Waals surface area contributed by atoms with Crippen molar-refractivity contribution in [3.8, 4) is 5.75 Å². The van der Waals surface area contributed by atoms with Gasteiger partial charge >= 0.3 is 0 Å². The molecule has 7 heteroatoms. The van der Waals surface area contributed by atoms with Crippen LogP contribution in [-0.4, -0.2) is 45.3 Å². The molecule has 168 valence electrons. The minimum atomic E-state index is 0.206. The van der Waals surface area contributed by atoms with Crippen molar-refractivity contribution in [1.82, 2.24) is 25.0 Å². The Balaban J connectivity index is 1.56. The average Bonchev–Trinajstić information content (AvgIpc) is 3.40. The molecule has 2 unspecified atom stereocenters. The fourth-order valence-electron chi connectivity index (χ4n) is 4.94. The van der Waals surface area contributed by atoms with E-state index in [2.05, 4.69) is 52.5 Å². The highest BCUT2D eigenvalue weighted by Crippen LogP contribution is 2.33. The van der Waals surface area contributed by atoms with Crippen LogP contribution in [0.25, 0.3) is 0 Å². The normalized spacial score (nSPS) is 21.3. The SMILES string of the molecule is CCC(CC)C1CCN(C(=NCc2nnc(C)n2C)NC2CCOc3ccccc32)C1. The van der Waals surface area contributed by atoms with E-state index in [0.717, 1.165) is 61.3 Å². The lowest BCUT2D eigenvalue weighted by Gasteiger charge is -2.31. The van der Waals surface area contributed by atoms with Gasteiger partial charge in [0.15, 0.2) is 11.8 Å². The topological polar surface area (TPSA) is 67.6 Å². The molecule has 0 radical (unpaired) electrons. The van der Waals surface area contributed by atoms with Gasteiger partial charge < -0.3 is 19.5 Å². The maximum Gasteiger partial charge on any atom is 0.194 e. The molecule has 0 bridgehead atoms. The highest BCUT2D eigenvalue weighted by atomic mass is 16.5. The first-order valence-corrected chi connectivity index (χ1v) is 11.7. The third-order valence-corrected chi connectivity index (χ3v) is 7.05. The molecule has 2 aliphatic heterocycles. The molecule has 7 nitrogen and oxygen atoms in total. The number of hydrogen-bond donors (Lipinski definition) is 1. The Labute approximate surface area is 185 Å². The number of rotatable bonds is 6. The van der Waals surface area contributed by atoms with Crippen molar-refractivity contribution < 1.29 is 4.74 Å². The first-order chi connectivity index (χ1) is 15.1. The molecule has 3 heterocycles. The zero-order valence-electron chi connectivity index (χ0n) is 19.3. The van der Waals surface area contributed by atoms with Gasteiger partial charge in [0.25, 0.3) is 0 Å². The monoisotopic (exact) mass is 424 g/mol. The highest BCUT2D eigenvalue weighted by molar-refractivity contribution is 5.81. The summed E-state index contributed by atoms with van der Waals surface area (Å²) < 4.78 is 7.89. The quantitative estimate of drug-likeness (QED) is 0.564. The maximum atomic E-state index is 5.87. The van der Waals surface area contributed by atoms with Gasteiger partial charge in [0.1, 0.15) is 18.1 Å². The Morgan fingerprint density at radius 2 is 2.03 bits per heavy atom. The molecule has 0 amide bonds. The summed E-state index contributed by atoms with van der Waals surface area (Å²) in [5.41, 5.74) is 1.21. The minimum Gasteiger partial charge on any atom is -0.493 e. The van der Waals surface area contributed by atoms with Crippen molar-refractivity contribution >= 4 is 5.96 Å². The van der Waals surface area contributed by atoms with Gasteiger partial charge in [0, 0.05) is 32.1 Å². The summed E-state index contributed by atoms with van der Waals surface area (Å²) in [6.07, 6.45) is 4.67. The molecule has 4 rings (SSSR count). The summed E-state index contributed by atoms with van der Waals surface area (Å²) in [4.78, 5) is 7.48. The zero-order chi connectivity index (χ0) is 21.8. The van der Waals surface area contributed by atoms with Crippen LogP contribution in [0.1, 0.15) is 62.8 Å². The van der Waals surface area contributed by atoms with Crippen LogP contribution in [0.5, 0.6) is 5.75 Å². The second-order valence-corrected chi connectivity index (χ2v) is 8.81. The summed E-state index contributed by atoms with van der Waals surface area (Å²) in [6.45, 7) is 9.98. The molecule has 0 saturated carbocycles. The van der Waals surface area contributed by atoms with E-state index in [0.29, 0.717) is 6.54 Å². The Bertz CT molecular complexity index is 903. The van der Waals surface area contributed by atoms with Crippen molar-refractivity contribution in [2.75, 3.05) is 19.7 Å². The van der Waals surface area contributed by atoms with Gasteiger partial charge in [-0.15, -0.1) is 10.2 Å². The maximum absolute atomic E-state index is 5.87. The number of para-hydroxylation sites is 1. The van der Waals surface area contributed by atoms with E-state index in [1.54, 1.807) is 0 Å². The Morgan fingerprint density at radius 3 is 2.77 bits per heavy atom. The van der Waals surface area contributed by atoms with Crippen molar-refractivity contribution in [3.63, 3.8) is 0 Å². The number of hydrogen-bond acceptors (Lipinski definition) is 4. The molecule has 1 fully saturated rings. The predicted molar refractivity (Wildman–Crippen MR) is 123 cm³/mol. The third kappa shape index (κ3) is 4.70. The number of fused-ring (bicyclic) bond motifs is 1. The summed E-state index contributed by atoms with van der Waals surface area (Å²) in [6, 6.07) is 8.54. The lowest BCUT2D eigenvalue weighted by molar-refractivity contribution is 0.258. The number of nitrogens with one attached hydrogen (secondary N) is 1. The Morgan fingerprint density at radius 1 is 1.23 bits per heavy atom. The number of ether oxygens (including phenoxy) is 1. The molecule has 1 saturated heterocycles. The third-order valence-electron chi connectivity index (χ3n) is 7.05. The first kappa shape index (κ1) is 21.7. The van der Waals surface area contributed by atoms with Crippen molar-refractivity contribution in [2.45, 2.75) is 59.0 Å². The second-order valence-electron chi connectivity index (χ2n) is 8.81. The lowest BCUT2D eigenvalue weighted by Crippen LogP contribution is -2.43. The number of likely N-dealkylation sites (tertiary alicyclic amines) is 1. The lowest BCUT2D eigenvalue weighted by atomic mass is 9.87. The minimum absolute atomic E-state index is 0.206. The summed E-state index contributed by atoms with van der Waals surface area (Å²) in [5, 5.41) is 12.3. The van der Waals surface area contributed by atoms with Crippen molar-refractivity contribution in [3.05, 3.63) is 41.5 Å². The molecule has 1 N–H and O–H groups in total. The molecule has 1 aromatic carbocycles. The molecule has 2 atom stereocenters. The molecule has 0 aliphatic carbocycles. The van der Waals surface area contributed by atoms with Gasteiger partial charge in [-0.05, 0) is 31.2 Å². The predicted octanol–water partition coefficient (Wildman–Crippen LogP) is 3.85. The van der Waals surface area contributed by atoms with Crippen LogP contribution in [0.3, 0.4) is 0 Å². The molecule has 2 aromatic rings. The number of nitrogens with zero attached hydrogens (tertiary/aromatic N) is 5. The fraction of sp³-hybridized carbons (Fsp3) is 0.625. The number of aliphatic imine (C=N–C) groups is 1. The first-order valence-electron chi connectivity index (χ1n) is 11.7. The van der Waals surface area contributed by atoms with E-state index in [9.17, 15) is 0 Å². The number of aromatic nitrogens is 3. The molecule has 1 aromatic heterocycles. The van der Waals surface area contributed by atoms with Gasteiger partial charge in [-0.25, -0.2) is 4.99 Å². The van der Waals surface area contributed by atoms with Crippen LogP contribution in [0.2, 0.25) is 0 Å². The van der Waals surface area contributed by atoms with E-state index in [4.69, 9.17) is 9.73 Å². The summed E-state index contributed by atoms with van der Waals surface area (Å²) in [7, 11) is 2.00. The molecule has 0 spiro atoms. The van der Waals surface area contributed by atoms with Crippen LogP contribution >= 0.6 is 0 Å². The average molecular weight is 425 g/mol. The van der Waals surface area contributed by atoms with E-state index in [1.165, 1.54) is 24.8 Å². The van der Waals surface area contributed by atoms with Crippen LogP contribution in [0, 0.1) is 18.8 Å². The number of benzene rings is 1. The van der Waals surface area contributed by atoms with E-state index in [1.807, 2.05) is 24.6 Å². The van der Waals surface area contributed by atoms with Gasteiger partial charge in [-0.2, -0.15) is 0 Å². The molecule has 2 aliphatic rings. The largest absolute Gasteiger partial charge is 0.493 e. The van der Waals surface area contributed by atoms with Crippen LogP contribution < -0.4 is 10.1 Å². The van der Waals surface area contributed by atoms with E-state index >= 15 is 0 Å². The van der Waals surface area contributed by atoms with Crippen LogP contribution in [0.4, 0.5) is 0 Å². The van der Waals surface area contributed by atoms with Gasteiger partial charge in [-0.3, -0.25) is 0 Å². The molecule has 31 heavy (non-hydrogen) atoms. The van der Waals surface area contributed by atoms with Crippen LogP contribution in [0.15, 0.2) is 29.3 Å². The smallest absolute Gasteiger partial charge is 0.194 e. The molecular formula is C24H36N6O. The molecular weight excluding hydrogens is 388 g/mol. The van der Waals surface area contributed by atoms with Gasteiger partial charge in [0.2, 0.25) is 0 Å². The fourth-order valence-corrected chi connectivity index (χ4v) is 4.94. The van der Waals surface area contributed by atoms with Crippen molar-refractivity contribution in [2.24, 2.45) is 23.9 Å². The van der Waals surface area contributed by atoms with E-state index in [-0.39, 0.29) is 6.04 Å². The second kappa shape index (κ2) is 9.71. The highest BCUT2D eigenvalue weighted by Gasteiger charge is 2.31. The standard InChI is InChI=1S/C24H36N6O/c1-5-18(6-2)19-11-13-30(16-19)24(25-15-23-28-27-17(3)29(23)4)26-21-12-14-31-22-10-8-7-9-20(21)22/h7-10,18-19,21H,5-6,11-16H2,1-4H3,(H,25,26). The van der Waals surface area contributed by atoms with Gasteiger partial charge in [0.05, 0.1) is 12.6 Å². The Hall–Kier alpha value is -2.57. The Kier molecular flexibility index (Phi) is 6.78. The van der Waals surface area contributed by atoms with Gasteiger partial charge in [-0.1, -0.05) is 44.9 Å². The zero-order valence-corrected chi connectivity index (χ0v) is 19.3. The van der Waals surface area contributed by atoms with Crippen molar-refractivity contribution in [1.29, 1.82) is 0 Å². The van der Waals surface area contributed by atoms with Crippen LogP contribution in [-0.2, 0) is 13.6 Å².